The highest BCUT2D eigenvalue weighted by atomic mass is 32.1. The third-order valence-corrected chi connectivity index (χ3v) is 3.76. The van der Waals surface area contributed by atoms with Crippen LogP contribution in [0.4, 0.5) is 5.69 Å². The summed E-state index contributed by atoms with van der Waals surface area (Å²) < 4.78 is 10.4. The molecule has 136 valence electrons. The Bertz CT molecular complexity index is 827. The zero-order valence-corrected chi connectivity index (χ0v) is 16.1. The number of thiocarbonyl (C=S) groups is 1. The summed E-state index contributed by atoms with van der Waals surface area (Å²) in [6.07, 6.45) is 3.09. The normalized spacial score (nSPS) is 10.5. The third kappa shape index (κ3) is 5.60. The number of aryl methyl sites for hydroxylation is 2. The summed E-state index contributed by atoms with van der Waals surface area (Å²) in [5.74, 6) is 0.914. The zero-order valence-electron chi connectivity index (χ0n) is 15.3. The van der Waals surface area contributed by atoms with E-state index in [1.807, 2.05) is 32.0 Å². The molecule has 1 amide bonds. The van der Waals surface area contributed by atoms with Crippen molar-refractivity contribution in [2.75, 3.05) is 19.5 Å². The quantitative estimate of drug-likeness (QED) is 0.618. The van der Waals surface area contributed by atoms with Gasteiger partial charge in [-0.25, -0.2) is 0 Å². The first-order valence-corrected chi connectivity index (χ1v) is 8.42. The molecule has 0 spiro atoms. The van der Waals surface area contributed by atoms with E-state index >= 15 is 0 Å². The average Bonchev–Trinajstić information content (AvgIpc) is 2.58. The van der Waals surface area contributed by atoms with Crippen LogP contribution in [-0.2, 0) is 4.79 Å². The first-order chi connectivity index (χ1) is 12.4. The van der Waals surface area contributed by atoms with Crippen LogP contribution in [0.15, 0.2) is 42.5 Å². The predicted molar refractivity (Wildman–Crippen MR) is 109 cm³/mol. The van der Waals surface area contributed by atoms with E-state index < -0.39 is 0 Å². The second-order valence-corrected chi connectivity index (χ2v) is 6.18. The van der Waals surface area contributed by atoms with Crippen molar-refractivity contribution >= 4 is 35.0 Å². The highest BCUT2D eigenvalue weighted by Crippen LogP contribution is 2.27. The molecule has 0 radical (unpaired) electrons. The molecule has 0 fully saturated rings. The minimum atomic E-state index is -0.318. The number of amides is 1. The highest BCUT2D eigenvalue weighted by molar-refractivity contribution is 7.80. The molecular formula is C20H22N2O3S. The molecule has 0 aliphatic heterocycles. The fraction of sp³-hybridized carbons (Fsp3) is 0.200. The number of ether oxygens (including phenoxy) is 2. The molecule has 0 aromatic heterocycles. The van der Waals surface area contributed by atoms with Crippen molar-refractivity contribution in [2.24, 2.45) is 0 Å². The van der Waals surface area contributed by atoms with E-state index in [1.165, 1.54) is 6.08 Å². The lowest BCUT2D eigenvalue weighted by Crippen LogP contribution is -2.32. The van der Waals surface area contributed by atoms with Gasteiger partial charge in [0, 0.05) is 11.8 Å². The molecule has 0 unspecified atom stereocenters. The second kappa shape index (κ2) is 9.01. The minimum Gasteiger partial charge on any atom is -0.493 e. The summed E-state index contributed by atoms with van der Waals surface area (Å²) in [6.45, 7) is 4.01. The van der Waals surface area contributed by atoms with E-state index in [2.05, 4.69) is 16.7 Å². The van der Waals surface area contributed by atoms with Gasteiger partial charge in [0.25, 0.3) is 0 Å². The van der Waals surface area contributed by atoms with Crippen molar-refractivity contribution in [3.63, 3.8) is 0 Å². The van der Waals surface area contributed by atoms with E-state index in [-0.39, 0.29) is 11.0 Å². The number of rotatable bonds is 5. The Morgan fingerprint density at radius 3 is 2.27 bits per heavy atom. The molecular weight excluding hydrogens is 348 g/mol. The SMILES string of the molecule is COc1ccc(C=CC(=O)NC(=S)Nc2cc(C)cc(C)c2)cc1OC. The number of anilines is 1. The maximum atomic E-state index is 12.0. The fourth-order valence-electron chi connectivity index (χ4n) is 2.49. The zero-order chi connectivity index (χ0) is 19.1. The third-order valence-electron chi connectivity index (χ3n) is 3.55. The second-order valence-electron chi connectivity index (χ2n) is 5.77. The van der Waals surface area contributed by atoms with Crippen LogP contribution in [0.5, 0.6) is 11.5 Å². The average molecular weight is 370 g/mol. The molecule has 0 aliphatic rings. The summed E-state index contributed by atoms with van der Waals surface area (Å²) in [5, 5.41) is 5.89. The lowest BCUT2D eigenvalue weighted by molar-refractivity contribution is -0.115. The van der Waals surface area contributed by atoms with Crippen LogP contribution in [0, 0.1) is 13.8 Å². The van der Waals surface area contributed by atoms with Crippen molar-refractivity contribution < 1.29 is 14.3 Å². The lowest BCUT2D eigenvalue weighted by Gasteiger charge is -2.10. The summed E-state index contributed by atoms with van der Waals surface area (Å²) in [7, 11) is 3.14. The predicted octanol–water partition coefficient (Wildman–Crippen LogP) is 3.85. The van der Waals surface area contributed by atoms with Crippen molar-refractivity contribution in [3.05, 3.63) is 59.2 Å². The van der Waals surface area contributed by atoms with Gasteiger partial charge < -0.3 is 14.8 Å². The van der Waals surface area contributed by atoms with Gasteiger partial charge in [-0.2, -0.15) is 0 Å². The standard InChI is InChI=1S/C20H22N2O3S/c1-13-9-14(2)11-16(10-13)21-20(26)22-19(23)8-6-15-5-7-17(24-3)18(12-15)25-4/h5-12H,1-4H3,(H2,21,22,23,26). The van der Waals surface area contributed by atoms with Crippen molar-refractivity contribution in [1.29, 1.82) is 0 Å². The Labute approximate surface area is 159 Å². The van der Waals surface area contributed by atoms with Gasteiger partial charge in [-0.15, -0.1) is 0 Å². The van der Waals surface area contributed by atoms with Crippen LogP contribution in [-0.4, -0.2) is 25.2 Å². The van der Waals surface area contributed by atoms with Gasteiger partial charge in [0.15, 0.2) is 16.6 Å². The highest BCUT2D eigenvalue weighted by Gasteiger charge is 2.05. The van der Waals surface area contributed by atoms with E-state index in [1.54, 1.807) is 32.4 Å². The number of carbonyl (C=O) groups is 1. The van der Waals surface area contributed by atoms with Crippen LogP contribution < -0.4 is 20.1 Å². The van der Waals surface area contributed by atoms with Crippen LogP contribution in [0.2, 0.25) is 0 Å². The molecule has 0 heterocycles. The van der Waals surface area contributed by atoms with Gasteiger partial charge in [-0.1, -0.05) is 12.1 Å². The molecule has 26 heavy (non-hydrogen) atoms. The Balaban J connectivity index is 1.97. The van der Waals surface area contributed by atoms with Crippen molar-refractivity contribution in [3.8, 4) is 11.5 Å². The molecule has 2 aromatic rings. The number of methoxy groups -OCH3 is 2. The van der Waals surface area contributed by atoms with Gasteiger partial charge in [0.2, 0.25) is 5.91 Å². The van der Waals surface area contributed by atoms with E-state index in [0.29, 0.717) is 11.5 Å². The maximum absolute atomic E-state index is 12.0. The largest absolute Gasteiger partial charge is 0.493 e. The van der Waals surface area contributed by atoms with Crippen LogP contribution in [0.1, 0.15) is 16.7 Å². The summed E-state index contributed by atoms with van der Waals surface area (Å²) >= 11 is 5.19. The van der Waals surface area contributed by atoms with E-state index in [4.69, 9.17) is 21.7 Å². The minimum absolute atomic E-state index is 0.247. The number of hydrogen-bond donors (Lipinski definition) is 2. The van der Waals surface area contributed by atoms with E-state index in [9.17, 15) is 4.79 Å². The van der Waals surface area contributed by atoms with Crippen LogP contribution in [0.25, 0.3) is 6.08 Å². The molecule has 2 aromatic carbocycles. The van der Waals surface area contributed by atoms with Crippen LogP contribution in [0.3, 0.4) is 0 Å². The lowest BCUT2D eigenvalue weighted by atomic mass is 10.1. The molecule has 5 nitrogen and oxygen atoms in total. The van der Waals surface area contributed by atoms with Gasteiger partial charge in [0.1, 0.15) is 0 Å². The molecule has 2 N–H and O–H groups in total. The van der Waals surface area contributed by atoms with Gasteiger partial charge in [0.05, 0.1) is 14.2 Å². The molecule has 2 rings (SSSR count). The molecule has 0 atom stereocenters. The number of nitrogens with one attached hydrogen (secondary N) is 2. The molecule has 6 heteroatoms. The Morgan fingerprint density at radius 2 is 1.65 bits per heavy atom. The maximum Gasteiger partial charge on any atom is 0.250 e. The van der Waals surface area contributed by atoms with Crippen molar-refractivity contribution in [2.45, 2.75) is 13.8 Å². The number of benzene rings is 2. The number of carbonyl (C=O) groups excluding carboxylic acids is 1. The Hall–Kier alpha value is -2.86. The Morgan fingerprint density at radius 1 is 1.00 bits per heavy atom. The summed E-state index contributed by atoms with van der Waals surface area (Å²) in [6, 6.07) is 11.4. The first kappa shape index (κ1) is 19.5. The van der Waals surface area contributed by atoms with Crippen LogP contribution >= 0.6 is 12.2 Å². The summed E-state index contributed by atoms with van der Waals surface area (Å²) in [5.41, 5.74) is 3.90. The fourth-order valence-corrected chi connectivity index (χ4v) is 2.71. The van der Waals surface area contributed by atoms with Gasteiger partial charge >= 0.3 is 0 Å². The van der Waals surface area contributed by atoms with Gasteiger partial charge in [-0.3, -0.25) is 10.1 Å². The first-order valence-electron chi connectivity index (χ1n) is 8.01. The van der Waals surface area contributed by atoms with E-state index in [0.717, 1.165) is 22.4 Å². The smallest absolute Gasteiger partial charge is 0.250 e. The summed E-state index contributed by atoms with van der Waals surface area (Å²) in [4.78, 5) is 12.0. The topological polar surface area (TPSA) is 59.6 Å². The Kier molecular flexibility index (Phi) is 6.74. The monoisotopic (exact) mass is 370 g/mol. The van der Waals surface area contributed by atoms with Gasteiger partial charge in [-0.05, 0) is 73.1 Å². The number of hydrogen-bond acceptors (Lipinski definition) is 4. The van der Waals surface area contributed by atoms with Crippen molar-refractivity contribution in [1.82, 2.24) is 5.32 Å². The molecule has 0 aliphatic carbocycles. The molecule has 0 saturated carbocycles. The molecule has 0 bridgehead atoms. The molecule has 0 saturated heterocycles.